The van der Waals surface area contributed by atoms with E-state index in [0.717, 1.165) is 101 Å². The Hall–Kier alpha value is -5.44. The van der Waals surface area contributed by atoms with Gasteiger partial charge in [-0.1, -0.05) is 39.5 Å². The highest BCUT2D eigenvalue weighted by atomic mass is 16.2. The number of aldehydes is 2. The van der Waals surface area contributed by atoms with Gasteiger partial charge in [0, 0.05) is 63.3 Å². The number of nitrogens with one attached hydrogen (secondary N) is 7. The molecule has 0 saturated heterocycles. The molecule has 0 fully saturated rings. The average Bonchev–Trinajstić information content (AvgIpc) is 3.22. The molecule has 0 saturated carbocycles. The normalized spacial score (nSPS) is 14.0. The van der Waals surface area contributed by atoms with Gasteiger partial charge in [-0.25, -0.2) is 22.5 Å². The molecular weight excluding hydrogens is 775 g/mol. The largest absolute Gasteiger partial charge is 0.303 e. The number of rotatable bonds is 33. The van der Waals surface area contributed by atoms with E-state index in [1.54, 1.807) is 23.3 Å². The molecule has 4 unspecified atom stereocenters. The highest BCUT2D eigenvalue weighted by Gasteiger charge is 2.21. The summed E-state index contributed by atoms with van der Waals surface area (Å²) in [6.07, 6.45) is 18.0. The van der Waals surface area contributed by atoms with E-state index in [1.807, 2.05) is 27.9 Å². The second kappa shape index (κ2) is 37.8. The molecule has 0 bridgehead atoms. The van der Waals surface area contributed by atoms with Crippen LogP contribution in [0, 0.1) is 17.8 Å². The Balaban J connectivity index is 0. The summed E-state index contributed by atoms with van der Waals surface area (Å²) in [4.78, 5) is 76.6. The minimum atomic E-state index is -0.579. The zero-order chi connectivity index (χ0) is 45.6. The van der Waals surface area contributed by atoms with Crippen molar-refractivity contribution in [3.63, 3.8) is 0 Å². The number of hydrazone groups is 2. The maximum absolute atomic E-state index is 12.2. The minimum absolute atomic E-state index is 0.0119. The van der Waals surface area contributed by atoms with E-state index in [0.29, 0.717) is 44.4 Å². The molecular formula is C39H77N15O6+4. The Bertz CT molecular complexity index is 1420. The average molecular weight is 852 g/mol. The summed E-state index contributed by atoms with van der Waals surface area (Å²) < 4.78 is 0. The van der Waals surface area contributed by atoms with Crippen LogP contribution in [0.4, 0.5) is 0 Å². The molecule has 60 heavy (non-hydrogen) atoms. The lowest BCUT2D eigenvalue weighted by Crippen LogP contribution is -2.83. The van der Waals surface area contributed by atoms with E-state index in [2.05, 4.69) is 47.7 Å². The topological polar surface area (TPSA) is 373 Å². The van der Waals surface area contributed by atoms with Crippen LogP contribution in [-0.2, 0) is 28.8 Å². The number of hydrogen-bond acceptors (Lipinski definition) is 10. The van der Waals surface area contributed by atoms with Crippen molar-refractivity contribution in [3.05, 3.63) is 0 Å². The molecule has 0 aliphatic carbocycles. The second-order valence-corrected chi connectivity index (χ2v) is 14.7. The predicted octanol–water partition coefficient (Wildman–Crippen LogP) is -6.00. The number of nitrogens with zero attached hydrogens (tertiary/aromatic N) is 2. The van der Waals surface area contributed by atoms with Crippen molar-refractivity contribution >= 4 is 71.8 Å². The molecule has 0 heterocycles. The SMILES string of the molecule is C[NH+]=C(N)CCCCCCC(=[NH2+])CC(CC=O)C(C)C/C=N\NC(=O)CC(=O)N/N=C\CC(C)C(CC=O)[NH+]=C(N)CCCCCCC(N)=[NH+]C.NNC(=O)CC(=O)NN. The van der Waals surface area contributed by atoms with E-state index in [-0.39, 0.29) is 30.2 Å². The Morgan fingerprint density at radius 2 is 1.02 bits per heavy atom. The fourth-order valence-electron chi connectivity index (χ4n) is 5.68. The summed E-state index contributed by atoms with van der Waals surface area (Å²) in [7, 11) is 3.64. The van der Waals surface area contributed by atoms with Gasteiger partial charge in [0.1, 0.15) is 37.2 Å². The zero-order valence-electron chi connectivity index (χ0n) is 36.4. The van der Waals surface area contributed by atoms with Crippen LogP contribution >= 0.6 is 0 Å². The molecule has 4 amide bonds. The number of carbonyl (C=O) groups excluding carboxylic acids is 6. The third-order valence-electron chi connectivity index (χ3n) is 9.59. The van der Waals surface area contributed by atoms with Crippen LogP contribution < -0.4 is 71.0 Å². The first-order valence-corrected chi connectivity index (χ1v) is 20.7. The van der Waals surface area contributed by atoms with Gasteiger partial charge in [0.05, 0.1) is 14.1 Å². The first-order valence-electron chi connectivity index (χ1n) is 20.7. The molecule has 0 aliphatic rings. The molecule has 21 nitrogen and oxygen atoms in total. The molecule has 0 aromatic heterocycles. The summed E-state index contributed by atoms with van der Waals surface area (Å²) in [5.74, 6) is 9.46. The standard InChI is InChI=1S/C36H65N11O4.C3H8N4O2/c1-27(29(19-23-48)25-30(37)13-9-5-6-10-14-32(38)41-3)17-21-43-46-35(50)26-36(51)47-44-22-18-28(2)31(20-24-49)45-34(40)16-12-8-7-11-15-33(39)42-4;4-6-2(8)1-3(9)7-5/h21-24,27-29,31,37H,5-20,25-26H2,1-4H3,(H2,38,41)(H2,39,42)(H2,40,45)(H,46,50)(H,47,51);1,4-5H2,(H,6,8)(H,7,9)/p+4/b37-30?,43-21-,44-22-;. The van der Waals surface area contributed by atoms with Crippen molar-refractivity contribution in [2.75, 3.05) is 14.1 Å². The van der Waals surface area contributed by atoms with Crippen LogP contribution in [0.5, 0.6) is 0 Å². The molecule has 21 heteroatoms. The van der Waals surface area contributed by atoms with Crippen molar-refractivity contribution in [2.45, 2.75) is 142 Å². The lowest BCUT2D eigenvalue weighted by molar-refractivity contribution is -0.513. The van der Waals surface area contributed by atoms with Crippen molar-refractivity contribution in [2.24, 2.45) is 56.8 Å². The molecule has 0 spiro atoms. The maximum Gasteiger partial charge on any atom is 0.249 e. The number of hydrogen-bond donors (Lipinski definition) is 13. The minimum Gasteiger partial charge on any atom is -0.303 e. The lowest BCUT2D eigenvalue weighted by Gasteiger charge is -2.19. The smallest absolute Gasteiger partial charge is 0.249 e. The Morgan fingerprint density at radius 1 is 0.600 bits per heavy atom. The first-order chi connectivity index (χ1) is 28.7. The van der Waals surface area contributed by atoms with E-state index >= 15 is 0 Å². The molecule has 340 valence electrons. The van der Waals surface area contributed by atoms with Gasteiger partial charge in [0.2, 0.25) is 41.1 Å². The third-order valence-corrected chi connectivity index (χ3v) is 9.59. The van der Waals surface area contributed by atoms with Crippen LogP contribution in [-0.4, -0.2) is 92.0 Å². The summed E-state index contributed by atoms with van der Waals surface area (Å²) in [6, 6.07) is -0.168. The maximum atomic E-state index is 12.2. The van der Waals surface area contributed by atoms with E-state index in [4.69, 9.17) is 22.6 Å². The van der Waals surface area contributed by atoms with Crippen molar-refractivity contribution in [3.8, 4) is 0 Å². The lowest BCUT2D eigenvalue weighted by atomic mass is 9.84. The summed E-state index contributed by atoms with van der Waals surface area (Å²) in [6.45, 7) is 4.00. The van der Waals surface area contributed by atoms with Gasteiger partial charge in [-0.05, 0) is 50.4 Å². The van der Waals surface area contributed by atoms with Gasteiger partial charge in [0.25, 0.3) is 0 Å². The summed E-state index contributed by atoms with van der Waals surface area (Å²) in [5.41, 5.74) is 26.9. The fraction of sp³-hybridized carbons (Fsp3) is 0.692. The van der Waals surface area contributed by atoms with E-state index in [9.17, 15) is 28.8 Å². The number of hydrazine groups is 2. The Kier molecular flexibility index (Phi) is 35.7. The van der Waals surface area contributed by atoms with Gasteiger partial charge >= 0.3 is 0 Å². The monoisotopic (exact) mass is 852 g/mol. The number of nitrogens with two attached hydrogens (primary N) is 6. The number of carbonyl (C=O) groups is 6. The van der Waals surface area contributed by atoms with Gasteiger partial charge in [-0.15, -0.1) is 0 Å². The molecule has 0 aromatic rings. The molecule has 4 atom stereocenters. The molecule has 0 aliphatic heterocycles. The Morgan fingerprint density at radius 3 is 1.45 bits per heavy atom. The molecule has 19 N–H and O–H groups in total. The van der Waals surface area contributed by atoms with Crippen molar-refractivity contribution in [1.29, 1.82) is 0 Å². The molecule has 0 rings (SSSR count). The molecule has 0 radical (unpaired) electrons. The van der Waals surface area contributed by atoms with Gasteiger partial charge in [-0.2, -0.15) is 10.2 Å². The fourth-order valence-corrected chi connectivity index (χ4v) is 5.68. The summed E-state index contributed by atoms with van der Waals surface area (Å²) in [5, 5.41) is 14.2. The van der Waals surface area contributed by atoms with E-state index < -0.39 is 30.0 Å². The molecule has 0 aromatic carbocycles. The van der Waals surface area contributed by atoms with Crippen LogP contribution in [0.2, 0.25) is 0 Å². The summed E-state index contributed by atoms with van der Waals surface area (Å²) >= 11 is 0. The highest BCUT2D eigenvalue weighted by Crippen LogP contribution is 2.22. The second-order valence-electron chi connectivity index (χ2n) is 14.7. The van der Waals surface area contributed by atoms with Crippen LogP contribution in [0.3, 0.4) is 0 Å². The Labute approximate surface area is 355 Å². The van der Waals surface area contributed by atoms with E-state index in [1.165, 1.54) is 0 Å². The predicted molar refractivity (Wildman–Crippen MR) is 233 cm³/mol. The first kappa shape index (κ1) is 56.7. The number of unbranched alkanes of at least 4 members (excludes halogenated alkanes) is 6. The number of amidine groups is 3. The van der Waals surface area contributed by atoms with Gasteiger partial charge in [-0.3, -0.25) is 67.6 Å². The van der Waals surface area contributed by atoms with Crippen molar-refractivity contribution in [1.82, 2.24) is 21.7 Å². The zero-order valence-corrected chi connectivity index (χ0v) is 36.4. The van der Waals surface area contributed by atoms with Crippen LogP contribution in [0.1, 0.15) is 136 Å². The van der Waals surface area contributed by atoms with Crippen LogP contribution in [0.15, 0.2) is 10.2 Å². The van der Waals surface area contributed by atoms with Gasteiger partial charge < -0.3 is 9.59 Å². The van der Waals surface area contributed by atoms with Gasteiger partial charge in [0.15, 0.2) is 0 Å². The van der Waals surface area contributed by atoms with Crippen LogP contribution in [0.25, 0.3) is 0 Å². The quantitative estimate of drug-likeness (QED) is 0.00431. The highest BCUT2D eigenvalue weighted by molar-refractivity contribution is 5.97. The third kappa shape index (κ3) is 33.5. The number of amides is 4. The van der Waals surface area contributed by atoms with Crippen molar-refractivity contribution < 1.29 is 49.2 Å².